The zero-order valence-electron chi connectivity index (χ0n) is 10.9. The van der Waals surface area contributed by atoms with Crippen LogP contribution in [-0.2, 0) is 6.54 Å². The molecule has 2 aliphatic heterocycles. The zero-order chi connectivity index (χ0) is 13.6. The Morgan fingerprint density at radius 3 is 3.00 bits per heavy atom. The molecule has 1 aromatic heterocycles. The van der Waals surface area contributed by atoms with E-state index in [1.807, 2.05) is 31.3 Å². The van der Waals surface area contributed by atoms with Crippen LogP contribution in [0.15, 0.2) is 12.3 Å². The van der Waals surface area contributed by atoms with Crippen molar-refractivity contribution >= 4 is 11.7 Å². The number of rotatable bonds is 3. The molecule has 2 aliphatic rings. The van der Waals surface area contributed by atoms with E-state index in [0.717, 1.165) is 16.5 Å². The van der Waals surface area contributed by atoms with Gasteiger partial charge in [-0.2, -0.15) is 5.06 Å². The van der Waals surface area contributed by atoms with Crippen molar-refractivity contribution in [2.24, 2.45) is 0 Å². The fraction of sp³-hybridized carbons (Fsp3) is 0.545. The second-order valence-electron chi connectivity index (χ2n) is 5.13. The average Bonchev–Trinajstić information content (AvgIpc) is 2.90. The molecule has 3 rings (SSSR count). The smallest absolute Gasteiger partial charge is 0.314 e. The Hall–Kier alpha value is -1.93. The van der Waals surface area contributed by atoms with E-state index < -0.39 is 0 Å². The van der Waals surface area contributed by atoms with Crippen molar-refractivity contribution in [3.05, 3.63) is 18.0 Å². The minimum atomic E-state index is -0.357. The largest absolute Gasteiger partial charge is 0.344 e. The number of carbonyl (C=O) groups is 1. The molecule has 1 aromatic rings. The summed E-state index contributed by atoms with van der Waals surface area (Å²) >= 11 is 0. The standard InChI is InChI=1S/C11H16N6O2/c1-14(2)4-8-5-16(13-12-8)9-3-10-7-15(6-9)11(18)17(10)19/h3,5,10,19H,4,6-7H2,1-2H3. The molecule has 0 aliphatic carbocycles. The van der Waals surface area contributed by atoms with Crippen molar-refractivity contribution in [1.82, 2.24) is 29.9 Å². The Morgan fingerprint density at radius 1 is 1.53 bits per heavy atom. The Kier molecular flexibility index (Phi) is 2.76. The number of aromatic nitrogens is 3. The third-order valence-electron chi connectivity index (χ3n) is 3.24. The molecular formula is C11H16N6O2. The highest BCUT2D eigenvalue weighted by molar-refractivity contribution is 5.79. The van der Waals surface area contributed by atoms with Gasteiger partial charge in [0.1, 0.15) is 0 Å². The summed E-state index contributed by atoms with van der Waals surface area (Å²) in [6.45, 7) is 1.68. The number of carbonyl (C=O) groups excluding carboxylic acids is 1. The number of hydroxylamine groups is 2. The van der Waals surface area contributed by atoms with Crippen LogP contribution in [0.4, 0.5) is 4.79 Å². The lowest BCUT2D eigenvalue weighted by Gasteiger charge is -2.20. The summed E-state index contributed by atoms with van der Waals surface area (Å²) in [6.07, 6.45) is 3.71. The van der Waals surface area contributed by atoms with Crippen LogP contribution in [-0.4, -0.2) is 74.3 Å². The first kappa shape index (κ1) is 12.1. The number of fused-ring (bicyclic) bond motifs is 2. The quantitative estimate of drug-likeness (QED) is 0.758. The lowest BCUT2D eigenvalue weighted by atomic mass is 10.2. The minimum absolute atomic E-state index is 0.294. The van der Waals surface area contributed by atoms with Crippen molar-refractivity contribution in [3.8, 4) is 0 Å². The van der Waals surface area contributed by atoms with E-state index in [-0.39, 0.29) is 12.1 Å². The number of hydrogen-bond donors (Lipinski definition) is 1. The number of amides is 2. The van der Waals surface area contributed by atoms with Crippen LogP contribution in [0.1, 0.15) is 5.69 Å². The van der Waals surface area contributed by atoms with Crippen LogP contribution in [0.25, 0.3) is 5.70 Å². The monoisotopic (exact) mass is 264 g/mol. The van der Waals surface area contributed by atoms with Gasteiger partial charge in [0, 0.05) is 13.1 Å². The van der Waals surface area contributed by atoms with Gasteiger partial charge >= 0.3 is 6.03 Å². The summed E-state index contributed by atoms with van der Waals surface area (Å²) in [5.74, 6) is 0. The van der Waals surface area contributed by atoms with E-state index in [0.29, 0.717) is 19.6 Å². The van der Waals surface area contributed by atoms with Gasteiger partial charge in [-0.05, 0) is 20.2 Å². The van der Waals surface area contributed by atoms with Crippen LogP contribution in [0.5, 0.6) is 0 Å². The molecule has 0 radical (unpaired) electrons. The summed E-state index contributed by atoms with van der Waals surface area (Å²) in [4.78, 5) is 15.2. The highest BCUT2D eigenvalue weighted by Crippen LogP contribution is 2.24. The van der Waals surface area contributed by atoms with Gasteiger partial charge in [0.25, 0.3) is 0 Å². The predicted molar refractivity (Wildman–Crippen MR) is 66.1 cm³/mol. The van der Waals surface area contributed by atoms with Crippen LogP contribution in [0.2, 0.25) is 0 Å². The normalized spacial score (nSPS) is 22.4. The molecule has 1 saturated heterocycles. The highest BCUT2D eigenvalue weighted by Gasteiger charge is 2.39. The Balaban J connectivity index is 1.82. The molecule has 8 heteroatoms. The van der Waals surface area contributed by atoms with Crippen molar-refractivity contribution in [2.75, 3.05) is 27.2 Å². The lowest BCUT2D eigenvalue weighted by molar-refractivity contribution is -0.0450. The number of urea groups is 1. The van der Waals surface area contributed by atoms with Gasteiger partial charge in [-0.3, -0.25) is 5.21 Å². The molecule has 2 amide bonds. The fourth-order valence-electron chi connectivity index (χ4n) is 2.38. The maximum atomic E-state index is 11.6. The first-order chi connectivity index (χ1) is 9.04. The molecule has 0 saturated carbocycles. The third-order valence-corrected chi connectivity index (χ3v) is 3.24. The third kappa shape index (κ3) is 2.08. The topological polar surface area (TPSA) is 77.7 Å². The maximum Gasteiger partial charge on any atom is 0.344 e. The molecule has 1 fully saturated rings. The van der Waals surface area contributed by atoms with Crippen LogP contribution in [0.3, 0.4) is 0 Å². The second kappa shape index (κ2) is 4.32. The second-order valence-corrected chi connectivity index (χ2v) is 5.13. The summed E-state index contributed by atoms with van der Waals surface area (Å²) in [7, 11) is 3.93. The SMILES string of the molecule is CN(C)Cc1cn(C2=CC3CN(C2)C(=O)N3O)nn1. The van der Waals surface area contributed by atoms with Crippen molar-refractivity contribution in [1.29, 1.82) is 0 Å². The van der Waals surface area contributed by atoms with Crippen molar-refractivity contribution in [3.63, 3.8) is 0 Å². The molecule has 8 nitrogen and oxygen atoms in total. The Morgan fingerprint density at radius 2 is 2.32 bits per heavy atom. The van der Waals surface area contributed by atoms with Gasteiger partial charge in [0.15, 0.2) is 0 Å². The van der Waals surface area contributed by atoms with Crippen molar-refractivity contribution in [2.45, 2.75) is 12.6 Å². The predicted octanol–water partition coefficient (Wildman–Crippen LogP) is -0.310. The van der Waals surface area contributed by atoms with Crippen LogP contribution < -0.4 is 0 Å². The molecule has 1 atom stereocenters. The van der Waals surface area contributed by atoms with E-state index in [9.17, 15) is 10.0 Å². The Labute approximate surface area is 110 Å². The van der Waals surface area contributed by atoms with E-state index in [1.54, 1.807) is 9.58 Å². The van der Waals surface area contributed by atoms with E-state index in [1.165, 1.54) is 0 Å². The number of nitrogens with zero attached hydrogens (tertiary/aromatic N) is 6. The van der Waals surface area contributed by atoms with Crippen LogP contribution >= 0.6 is 0 Å². The van der Waals surface area contributed by atoms with Gasteiger partial charge < -0.3 is 9.80 Å². The maximum absolute atomic E-state index is 11.6. The summed E-state index contributed by atoms with van der Waals surface area (Å²) in [6, 6.07) is -0.650. The molecule has 2 bridgehead atoms. The zero-order valence-corrected chi connectivity index (χ0v) is 10.9. The molecule has 0 spiro atoms. The van der Waals surface area contributed by atoms with Gasteiger partial charge in [-0.25, -0.2) is 9.48 Å². The molecule has 19 heavy (non-hydrogen) atoms. The first-order valence-corrected chi connectivity index (χ1v) is 6.08. The van der Waals surface area contributed by atoms with E-state index >= 15 is 0 Å². The van der Waals surface area contributed by atoms with Gasteiger partial charge in [0.2, 0.25) is 0 Å². The lowest BCUT2D eigenvalue weighted by Crippen LogP contribution is -2.31. The summed E-state index contributed by atoms with van der Waals surface area (Å²) in [5, 5.41) is 18.5. The Bertz CT molecular complexity index is 537. The molecule has 102 valence electrons. The minimum Gasteiger partial charge on any atom is -0.314 e. The first-order valence-electron chi connectivity index (χ1n) is 6.08. The summed E-state index contributed by atoms with van der Waals surface area (Å²) in [5.41, 5.74) is 1.73. The molecule has 1 unspecified atom stereocenters. The number of hydrogen-bond acceptors (Lipinski definition) is 5. The van der Waals surface area contributed by atoms with Gasteiger partial charge in [0.05, 0.1) is 30.2 Å². The van der Waals surface area contributed by atoms with Crippen LogP contribution in [0, 0.1) is 0 Å². The molecular weight excluding hydrogens is 248 g/mol. The fourth-order valence-corrected chi connectivity index (χ4v) is 2.38. The van der Waals surface area contributed by atoms with Gasteiger partial charge in [-0.15, -0.1) is 5.10 Å². The van der Waals surface area contributed by atoms with Gasteiger partial charge in [-0.1, -0.05) is 5.21 Å². The molecule has 0 aromatic carbocycles. The van der Waals surface area contributed by atoms with E-state index in [4.69, 9.17) is 0 Å². The van der Waals surface area contributed by atoms with E-state index in [2.05, 4.69) is 10.3 Å². The molecule has 1 N–H and O–H groups in total. The summed E-state index contributed by atoms with van der Waals surface area (Å²) < 4.78 is 1.67. The average molecular weight is 264 g/mol. The van der Waals surface area contributed by atoms with Crippen molar-refractivity contribution < 1.29 is 10.0 Å². The molecule has 3 heterocycles. The highest BCUT2D eigenvalue weighted by atomic mass is 16.5.